The summed E-state index contributed by atoms with van der Waals surface area (Å²) in [7, 11) is 0. The minimum atomic E-state index is -1.07. The fraction of sp³-hybridized carbons (Fsp3) is 0.286. The van der Waals surface area contributed by atoms with E-state index in [-0.39, 0.29) is 22.4 Å². The van der Waals surface area contributed by atoms with Crippen molar-refractivity contribution in [2.75, 3.05) is 6.54 Å². The molecule has 1 aromatic heterocycles. The Hall–Kier alpha value is -0.910. The van der Waals surface area contributed by atoms with Crippen LogP contribution in [0.3, 0.4) is 0 Å². The first-order chi connectivity index (χ1) is 6.56. The van der Waals surface area contributed by atoms with E-state index in [1.54, 1.807) is 0 Å². The van der Waals surface area contributed by atoms with Gasteiger partial charge in [0.25, 0.3) is 0 Å². The van der Waals surface area contributed by atoms with Crippen LogP contribution in [0, 0.1) is 0 Å². The molecule has 1 aromatic rings. The summed E-state index contributed by atoms with van der Waals surface area (Å²) in [6.07, 6.45) is 0. The van der Waals surface area contributed by atoms with E-state index in [9.17, 15) is 4.79 Å². The van der Waals surface area contributed by atoms with Crippen LogP contribution in [0.25, 0.3) is 0 Å². The van der Waals surface area contributed by atoms with E-state index in [1.165, 1.54) is 6.07 Å². The minimum absolute atomic E-state index is 0.00671. The van der Waals surface area contributed by atoms with Gasteiger partial charge < -0.3 is 10.8 Å². The lowest BCUT2D eigenvalue weighted by molar-refractivity contribution is -0.138. The average molecular weight is 236 g/mol. The molecule has 0 aliphatic rings. The molecule has 14 heavy (non-hydrogen) atoms. The van der Waals surface area contributed by atoms with Gasteiger partial charge in [-0.3, -0.25) is 4.79 Å². The Kier molecular flexibility index (Phi) is 3.62. The molecule has 1 atom stereocenters. The highest BCUT2D eigenvalue weighted by Gasteiger charge is 2.22. The van der Waals surface area contributed by atoms with Gasteiger partial charge >= 0.3 is 5.97 Å². The molecule has 1 rings (SSSR count). The SMILES string of the molecule is NCC(C(=O)O)c1cc(Cl)nnc1Cl. The number of rotatable bonds is 3. The van der Waals surface area contributed by atoms with Gasteiger partial charge in [0.05, 0.1) is 5.92 Å². The van der Waals surface area contributed by atoms with Crippen LogP contribution in [-0.4, -0.2) is 27.8 Å². The summed E-state index contributed by atoms with van der Waals surface area (Å²) in [5.41, 5.74) is 5.57. The van der Waals surface area contributed by atoms with E-state index in [0.29, 0.717) is 0 Å². The Morgan fingerprint density at radius 2 is 2.21 bits per heavy atom. The van der Waals surface area contributed by atoms with E-state index in [2.05, 4.69) is 10.2 Å². The van der Waals surface area contributed by atoms with Crippen molar-refractivity contribution in [2.45, 2.75) is 5.92 Å². The second kappa shape index (κ2) is 4.54. The monoisotopic (exact) mass is 235 g/mol. The van der Waals surface area contributed by atoms with Gasteiger partial charge in [-0.15, -0.1) is 10.2 Å². The smallest absolute Gasteiger partial charge is 0.312 e. The zero-order chi connectivity index (χ0) is 10.7. The fourth-order valence-corrected chi connectivity index (χ4v) is 1.35. The Bertz CT molecular complexity index is 359. The molecule has 1 unspecified atom stereocenters. The van der Waals surface area contributed by atoms with Crippen LogP contribution in [0.15, 0.2) is 6.07 Å². The van der Waals surface area contributed by atoms with Crippen molar-refractivity contribution in [1.29, 1.82) is 0 Å². The summed E-state index contributed by atoms with van der Waals surface area (Å²) in [5.74, 6) is -1.98. The summed E-state index contributed by atoms with van der Waals surface area (Å²) in [6.45, 7) is -0.0723. The second-order valence-corrected chi connectivity index (χ2v) is 3.29. The van der Waals surface area contributed by atoms with Gasteiger partial charge in [-0.25, -0.2) is 0 Å². The number of nitrogens with zero attached hydrogens (tertiary/aromatic N) is 2. The van der Waals surface area contributed by atoms with Crippen LogP contribution < -0.4 is 5.73 Å². The number of hydrogen-bond acceptors (Lipinski definition) is 4. The predicted octanol–water partition coefficient (Wildman–Crippen LogP) is 0.910. The van der Waals surface area contributed by atoms with Crippen LogP contribution in [0.2, 0.25) is 10.3 Å². The van der Waals surface area contributed by atoms with Crippen LogP contribution >= 0.6 is 23.2 Å². The molecule has 0 saturated heterocycles. The Balaban J connectivity index is 3.15. The summed E-state index contributed by atoms with van der Waals surface area (Å²) in [6, 6.07) is 1.35. The molecule has 3 N–H and O–H groups in total. The molecular formula is C7H7Cl2N3O2. The molecule has 1 heterocycles. The topological polar surface area (TPSA) is 89.1 Å². The van der Waals surface area contributed by atoms with Crippen LogP contribution in [-0.2, 0) is 4.79 Å². The standard InChI is InChI=1S/C7H7Cl2N3O2/c8-5-1-3(6(9)12-11-5)4(2-10)7(13)14/h1,4H,2,10H2,(H,13,14). The van der Waals surface area contributed by atoms with Crippen molar-refractivity contribution in [3.8, 4) is 0 Å². The Labute approximate surface area is 89.8 Å². The highest BCUT2D eigenvalue weighted by Crippen LogP contribution is 2.23. The van der Waals surface area contributed by atoms with E-state index in [4.69, 9.17) is 34.0 Å². The van der Waals surface area contributed by atoms with Crippen molar-refractivity contribution in [3.05, 3.63) is 21.9 Å². The van der Waals surface area contributed by atoms with Gasteiger partial charge in [0.15, 0.2) is 10.3 Å². The molecule has 0 fully saturated rings. The lowest BCUT2D eigenvalue weighted by Crippen LogP contribution is -2.21. The molecule has 0 radical (unpaired) electrons. The second-order valence-electron chi connectivity index (χ2n) is 2.54. The minimum Gasteiger partial charge on any atom is -0.481 e. The van der Waals surface area contributed by atoms with E-state index >= 15 is 0 Å². The van der Waals surface area contributed by atoms with Crippen molar-refractivity contribution in [3.63, 3.8) is 0 Å². The number of halogens is 2. The first kappa shape index (κ1) is 11.2. The normalized spacial score (nSPS) is 12.5. The van der Waals surface area contributed by atoms with Crippen LogP contribution in [0.4, 0.5) is 0 Å². The average Bonchev–Trinajstić information content (AvgIpc) is 2.11. The summed E-state index contributed by atoms with van der Waals surface area (Å²) < 4.78 is 0. The van der Waals surface area contributed by atoms with Crippen molar-refractivity contribution >= 4 is 29.2 Å². The number of hydrogen-bond donors (Lipinski definition) is 2. The van der Waals surface area contributed by atoms with Crippen LogP contribution in [0.1, 0.15) is 11.5 Å². The Morgan fingerprint density at radius 3 is 2.71 bits per heavy atom. The Morgan fingerprint density at radius 1 is 1.57 bits per heavy atom. The van der Waals surface area contributed by atoms with Crippen LogP contribution in [0.5, 0.6) is 0 Å². The summed E-state index contributed by atoms with van der Waals surface area (Å²) in [5, 5.41) is 15.9. The molecular weight excluding hydrogens is 229 g/mol. The third-order valence-electron chi connectivity index (χ3n) is 1.66. The first-order valence-electron chi connectivity index (χ1n) is 3.67. The zero-order valence-corrected chi connectivity index (χ0v) is 8.46. The quantitative estimate of drug-likeness (QED) is 0.814. The molecule has 76 valence electrons. The number of carboxylic acid groups (broad SMARTS) is 1. The molecule has 7 heteroatoms. The van der Waals surface area contributed by atoms with Gasteiger partial charge in [-0.2, -0.15) is 0 Å². The first-order valence-corrected chi connectivity index (χ1v) is 4.43. The molecule has 0 spiro atoms. The number of nitrogens with two attached hydrogens (primary N) is 1. The fourth-order valence-electron chi connectivity index (χ4n) is 0.971. The third kappa shape index (κ3) is 2.31. The number of carboxylic acids is 1. The summed E-state index contributed by atoms with van der Waals surface area (Å²) in [4.78, 5) is 10.8. The number of carbonyl (C=O) groups is 1. The molecule has 0 amide bonds. The molecule has 5 nitrogen and oxygen atoms in total. The van der Waals surface area contributed by atoms with Crippen molar-refractivity contribution in [1.82, 2.24) is 10.2 Å². The van der Waals surface area contributed by atoms with Gasteiger partial charge in [0, 0.05) is 12.1 Å². The lowest BCUT2D eigenvalue weighted by Gasteiger charge is -2.10. The predicted molar refractivity (Wildman–Crippen MR) is 51.5 cm³/mol. The maximum Gasteiger partial charge on any atom is 0.312 e. The summed E-state index contributed by atoms with van der Waals surface area (Å²) >= 11 is 11.2. The van der Waals surface area contributed by atoms with Gasteiger partial charge in [0.2, 0.25) is 0 Å². The van der Waals surface area contributed by atoms with Crippen molar-refractivity contribution < 1.29 is 9.90 Å². The van der Waals surface area contributed by atoms with E-state index in [0.717, 1.165) is 0 Å². The van der Waals surface area contributed by atoms with Gasteiger partial charge in [-0.1, -0.05) is 23.2 Å². The van der Waals surface area contributed by atoms with Crippen molar-refractivity contribution in [2.24, 2.45) is 5.73 Å². The molecule has 0 aromatic carbocycles. The maximum atomic E-state index is 10.8. The molecule has 0 aliphatic heterocycles. The largest absolute Gasteiger partial charge is 0.481 e. The maximum absolute atomic E-state index is 10.8. The van der Waals surface area contributed by atoms with Gasteiger partial charge in [0.1, 0.15) is 0 Å². The molecule has 0 aliphatic carbocycles. The van der Waals surface area contributed by atoms with Gasteiger partial charge in [-0.05, 0) is 6.07 Å². The third-order valence-corrected chi connectivity index (χ3v) is 2.13. The highest BCUT2D eigenvalue weighted by atomic mass is 35.5. The lowest BCUT2D eigenvalue weighted by atomic mass is 10.0. The number of aromatic nitrogens is 2. The zero-order valence-electron chi connectivity index (χ0n) is 6.94. The van der Waals surface area contributed by atoms with E-state index in [1.807, 2.05) is 0 Å². The number of aliphatic carboxylic acids is 1. The molecule has 0 saturated carbocycles. The molecule has 0 bridgehead atoms. The van der Waals surface area contributed by atoms with E-state index < -0.39 is 11.9 Å². The highest BCUT2D eigenvalue weighted by molar-refractivity contribution is 6.32.